The number of likely N-dealkylation sites (tertiary alicyclic amines) is 1. The van der Waals surface area contributed by atoms with Gasteiger partial charge in [0.2, 0.25) is 5.91 Å². The van der Waals surface area contributed by atoms with E-state index in [1.54, 1.807) is 0 Å². The summed E-state index contributed by atoms with van der Waals surface area (Å²) in [5.41, 5.74) is 2.32. The van der Waals surface area contributed by atoms with Crippen LogP contribution in [0.4, 0.5) is 0 Å². The number of nitrogens with one attached hydrogen (secondary N) is 1. The summed E-state index contributed by atoms with van der Waals surface area (Å²) >= 11 is 0. The molecule has 150 valence electrons. The number of aryl methyl sites for hydroxylation is 1. The Morgan fingerprint density at radius 3 is 2.67 bits per heavy atom. The van der Waals surface area contributed by atoms with Crippen LogP contribution in [0.2, 0.25) is 0 Å². The summed E-state index contributed by atoms with van der Waals surface area (Å²) in [5, 5.41) is 14.5. The molecule has 4 rings (SSSR count). The van der Waals surface area contributed by atoms with Crippen LogP contribution in [0.5, 0.6) is 0 Å². The van der Waals surface area contributed by atoms with Crippen molar-refractivity contribution in [3.05, 3.63) is 17.0 Å². The van der Waals surface area contributed by atoms with E-state index in [0.717, 1.165) is 63.2 Å². The number of nitrogens with zero attached hydrogens (tertiary/aromatic N) is 2. The molecule has 0 saturated carbocycles. The molecule has 2 saturated heterocycles. The van der Waals surface area contributed by atoms with Crippen molar-refractivity contribution in [1.29, 1.82) is 0 Å². The van der Waals surface area contributed by atoms with Crippen molar-refractivity contribution >= 4 is 12.4 Å². The lowest BCUT2D eigenvalue weighted by molar-refractivity contribution is -0.128. The van der Waals surface area contributed by atoms with Crippen molar-refractivity contribution in [2.24, 2.45) is 5.92 Å². The molecule has 3 heterocycles. The standard InChI is InChI=1S/C18H27N3O3.CH2O2/c22-18(13-5-9-23-10-6-13)19-14-3-4-17-15(11-14)16(20-24-17)12-21-7-1-2-8-21;2-1-3/h13-14H,1-12H2,(H,19,22);1H,(H,2,3). The van der Waals surface area contributed by atoms with Gasteiger partial charge in [-0.3, -0.25) is 14.5 Å². The molecule has 0 bridgehead atoms. The molecule has 2 aliphatic heterocycles. The molecule has 1 aromatic heterocycles. The lowest BCUT2D eigenvalue weighted by atomic mass is 9.90. The van der Waals surface area contributed by atoms with E-state index in [9.17, 15) is 4.79 Å². The van der Waals surface area contributed by atoms with E-state index in [1.807, 2.05) is 0 Å². The van der Waals surface area contributed by atoms with Crippen molar-refractivity contribution < 1.29 is 24.0 Å². The molecule has 2 N–H and O–H groups in total. The van der Waals surface area contributed by atoms with Crippen LogP contribution < -0.4 is 5.32 Å². The Labute approximate surface area is 159 Å². The van der Waals surface area contributed by atoms with Gasteiger partial charge in [-0.05, 0) is 51.6 Å². The highest BCUT2D eigenvalue weighted by atomic mass is 16.5. The summed E-state index contributed by atoms with van der Waals surface area (Å²) in [7, 11) is 0. The fourth-order valence-corrected chi connectivity index (χ4v) is 4.14. The smallest absolute Gasteiger partial charge is 0.290 e. The predicted octanol–water partition coefficient (Wildman–Crippen LogP) is 1.37. The maximum absolute atomic E-state index is 12.5. The van der Waals surface area contributed by atoms with Crippen LogP contribution in [-0.2, 0) is 33.7 Å². The molecule has 1 aliphatic carbocycles. The Morgan fingerprint density at radius 2 is 1.96 bits per heavy atom. The van der Waals surface area contributed by atoms with Gasteiger partial charge < -0.3 is 19.7 Å². The minimum absolute atomic E-state index is 0.117. The molecular weight excluding hydrogens is 350 g/mol. The molecule has 27 heavy (non-hydrogen) atoms. The maximum atomic E-state index is 12.5. The topological polar surface area (TPSA) is 105 Å². The van der Waals surface area contributed by atoms with E-state index in [-0.39, 0.29) is 24.3 Å². The largest absolute Gasteiger partial charge is 0.483 e. The Kier molecular flexibility index (Phi) is 7.23. The molecule has 3 aliphatic rings. The number of fused-ring (bicyclic) bond motifs is 1. The molecule has 8 heteroatoms. The molecular formula is C19H29N3O5. The average Bonchev–Trinajstić information content (AvgIpc) is 3.34. The Hall–Kier alpha value is -1.93. The highest BCUT2D eigenvalue weighted by molar-refractivity contribution is 5.79. The number of amides is 1. The predicted molar refractivity (Wildman–Crippen MR) is 97.2 cm³/mol. The Balaban J connectivity index is 0.000000659. The van der Waals surface area contributed by atoms with E-state index in [4.69, 9.17) is 19.2 Å². The monoisotopic (exact) mass is 379 g/mol. The lowest BCUT2D eigenvalue weighted by Gasteiger charge is -2.27. The highest BCUT2D eigenvalue weighted by Gasteiger charge is 2.30. The van der Waals surface area contributed by atoms with Gasteiger partial charge in [-0.1, -0.05) is 5.16 Å². The van der Waals surface area contributed by atoms with Crippen LogP contribution >= 0.6 is 0 Å². The molecule has 8 nitrogen and oxygen atoms in total. The second-order valence-electron chi connectivity index (χ2n) is 7.45. The number of carbonyl (C=O) groups is 2. The summed E-state index contributed by atoms with van der Waals surface area (Å²) in [6.45, 7) is 4.37. The van der Waals surface area contributed by atoms with Gasteiger partial charge in [0, 0.05) is 43.7 Å². The third-order valence-electron chi connectivity index (χ3n) is 5.63. The van der Waals surface area contributed by atoms with Gasteiger partial charge in [0.05, 0.1) is 0 Å². The van der Waals surface area contributed by atoms with Crippen LogP contribution in [0.15, 0.2) is 4.52 Å². The molecule has 2 fully saturated rings. The van der Waals surface area contributed by atoms with Gasteiger partial charge in [-0.25, -0.2) is 0 Å². The lowest BCUT2D eigenvalue weighted by Crippen LogP contribution is -2.43. The third-order valence-corrected chi connectivity index (χ3v) is 5.63. The summed E-state index contributed by atoms with van der Waals surface area (Å²) in [6, 6.07) is 0.213. The number of rotatable bonds is 4. The van der Waals surface area contributed by atoms with E-state index in [0.29, 0.717) is 13.2 Å². The first-order valence-electron chi connectivity index (χ1n) is 9.86. The third kappa shape index (κ3) is 5.29. The van der Waals surface area contributed by atoms with Crippen molar-refractivity contribution in [2.75, 3.05) is 26.3 Å². The first-order valence-corrected chi connectivity index (χ1v) is 9.86. The van der Waals surface area contributed by atoms with Gasteiger partial charge in [0.15, 0.2) is 0 Å². The zero-order chi connectivity index (χ0) is 19.1. The normalized spacial score (nSPS) is 23.2. The van der Waals surface area contributed by atoms with Gasteiger partial charge >= 0.3 is 0 Å². The first-order chi connectivity index (χ1) is 13.2. The zero-order valence-corrected chi connectivity index (χ0v) is 15.7. The summed E-state index contributed by atoms with van der Waals surface area (Å²) in [4.78, 5) is 23.3. The molecule has 0 spiro atoms. The maximum Gasteiger partial charge on any atom is 0.290 e. The van der Waals surface area contributed by atoms with Gasteiger partial charge in [-0.2, -0.15) is 0 Å². The minimum atomic E-state index is -0.250. The van der Waals surface area contributed by atoms with Crippen LogP contribution in [0.3, 0.4) is 0 Å². The first kappa shape index (κ1) is 19.8. The molecule has 1 unspecified atom stereocenters. The quantitative estimate of drug-likeness (QED) is 0.761. The second-order valence-corrected chi connectivity index (χ2v) is 7.45. The Bertz CT molecular complexity index is 621. The van der Waals surface area contributed by atoms with Crippen molar-refractivity contribution in [1.82, 2.24) is 15.4 Å². The van der Waals surface area contributed by atoms with Crippen LogP contribution in [0.25, 0.3) is 0 Å². The number of carboxylic acid groups (broad SMARTS) is 1. The van der Waals surface area contributed by atoms with Crippen LogP contribution in [0, 0.1) is 5.92 Å². The molecule has 0 radical (unpaired) electrons. The number of hydrogen-bond acceptors (Lipinski definition) is 6. The molecule has 0 aromatic carbocycles. The molecule has 1 atom stereocenters. The fraction of sp³-hybridized carbons (Fsp3) is 0.737. The number of hydrogen-bond donors (Lipinski definition) is 2. The van der Waals surface area contributed by atoms with Crippen LogP contribution in [-0.4, -0.2) is 59.9 Å². The highest BCUT2D eigenvalue weighted by Crippen LogP contribution is 2.27. The van der Waals surface area contributed by atoms with Crippen LogP contribution in [0.1, 0.15) is 49.1 Å². The van der Waals surface area contributed by atoms with Crippen molar-refractivity contribution in [2.45, 2.75) is 57.5 Å². The average molecular weight is 379 g/mol. The number of aromatic nitrogens is 1. The van der Waals surface area contributed by atoms with E-state index >= 15 is 0 Å². The summed E-state index contributed by atoms with van der Waals surface area (Å²) in [6.07, 6.45) is 6.93. The SMILES string of the molecule is O=C(NC1CCc2onc(CN3CCCC3)c2C1)C1CCOCC1.O=CO. The molecule has 1 aromatic rings. The van der Waals surface area contributed by atoms with Crippen molar-refractivity contribution in [3.8, 4) is 0 Å². The van der Waals surface area contributed by atoms with Crippen molar-refractivity contribution in [3.63, 3.8) is 0 Å². The van der Waals surface area contributed by atoms with Gasteiger partial charge in [0.25, 0.3) is 6.47 Å². The van der Waals surface area contributed by atoms with E-state index in [2.05, 4.69) is 15.4 Å². The Morgan fingerprint density at radius 1 is 1.26 bits per heavy atom. The van der Waals surface area contributed by atoms with E-state index in [1.165, 1.54) is 18.4 Å². The minimum Gasteiger partial charge on any atom is -0.483 e. The van der Waals surface area contributed by atoms with Gasteiger partial charge in [0.1, 0.15) is 11.5 Å². The van der Waals surface area contributed by atoms with E-state index < -0.39 is 0 Å². The summed E-state index contributed by atoms with van der Waals surface area (Å²) in [5.74, 6) is 1.34. The zero-order valence-electron chi connectivity index (χ0n) is 15.7. The van der Waals surface area contributed by atoms with Gasteiger partial charge in [-0.15, -0.1) is 0 Å². The number of ether oxygens (including phenoxy) is 1. The summed E-state index contributed by atoms with van der Waals surface area (Å²) < 4.78 is 10.9. The fourth-order valence-electron chi connectivity index (χ4n) is 4.14. The number of carbonyl (C=O) groups excluding carboxylic acids is 1. The molecule has 1 amide bonds. The second kappa shape index (κ2) is 9.85.